The van der Waals surface area contributed by atoms with Crippen molar-refractivity contribution in [2.24, 2.45) is 5.92 Å². The van der Waals surface area contributed by atoms with E-state index in [4.69, 9.17) is 4.74 Å². The van der Waals surface area contributed by atoms with Gasteiger partial charge in [-0.05, 0) is 62.6 Å². The topological polar surface area (TPSA) is 9.23 Å². The summed E-state index contributed by atoms with van der Waals surface area (Å²) < 4.78 is 5.52. The largest absolute Gasteiger partial charge is 0.494 e. The Hall–Kier alpha value is -1.24. The third kappa shape index (κ3) is 8.43. The lowest BCUT2D eigenvalue weighted by Gasteiger charge is -2.22. The molecule has 1 heteroatoms. The summed E-state index contributed by atoms with van der Waals surface area (Å²) in [5, 5.41) is 0. The summed E-state index contributed by atoms with van der Waals surface area (Å²) in [6.07, 6.45) is 20.5. The van der Waals surface area contributed by atoms with E-state index in [0.29, 0.717) is 0 Å². The molecule has 1 unspecified atom stereocenters. The number of benzene rings is 1. The first-order chi connectivity index (χ1) is 12.8. The highest BCUT2D eigenvalue weighted by Gasteiger charge is 2.14. The molecule has 1 aromatic carbocycles. The van der Waals surface area contributed by atoms with E-state index in [2.05, 4.69) is 37.3 Å². The van der Waals surface area contributed by atoms with Crippen LogP contribution in [-0.2, 0) is 6.42 Å². The molecule has 0 heterocycles. The summed E-state index contributed by atoms with van der Waals surface area (Å²) in [4.78, 5) is 0. The van der Waals surface area contributed by atoms with E-state index >= 15 is 0 Å². The fourth-order valence-electron chi connectivity index (χ4n) is 4.05. The minimum Gasteiger partial charge on any atom is -0.494 e. The van der Waals surface area contributed by atoms with Crippen LogP contribution in [0.15, 0.2) is 35.9 Å². The van der Waals surface area contributed by atoms with Gasteiger partial charge in [0.05, 0.1) is 6.61 Å². The van der Waals surface area contributed by atoms with Crippen LogP contribution in [0.1, 0.15) is 96.5 Å². The van der Waals surface area contributed by atoms with Gasteiger partial charge in [0.15, 0.2) is 0 Å². The Labute approximate surface area is 162 Å². The maximum Gasteiger partial charge on any atom is 0.119 e. The van der Waals surface area contributed by atoms with Gasteiger partial charge in [0.2, 0.25) is 0 Å². The minimum absolute atomic E-state index is 0.742. The molecule has 1 aromatic rings. The van der Waals surface area contributed by atoms with Gasteiger partial charge in [0, 0.05) is 0 Å². The molecule has 0 saturated heterocycles. The molecule has 1 atom stereocenters. The number of ether oxygens (including phenoxy) is 1. The number of aryl methyl sites for hydroxylation is 1. The van der Waals surface area contributed by atoms with Gasteiger partial charge in [-0.2, -0.15) is 0 Å². The normalized spacial score (nSPS) is 17.2. The van der Waals surface area contributed by atoms with E-state index in [-0.39, 0.29) is 0 Å². The smallest absolute Gasteiger partial charge is 0.119 e. The molecule has 146 valence electrons. The van der Waals surface area contributed by atoms with Gasteiger partial charge in [-0.15, -0.1) is 0 Å². The fourth-order valence-corrected chi connectivity index (χ4v) is 4.05. The molecular formula is C25H40O. The van der Waals surface area contributed by atoms with Crippen molar-refractivity contribution in [3.63, 3.8) is 0 Å². The Morgan fingerprint density at radius 3 is 2.27 bits per heavy atom. The number of hydrogen-bond acceptors (Lipinski definition) is 1. The highest BCUT2D eigenvalue weighted by atomic mass is 16.5. The molecule has 1 aliphatic rings. The third-order valence-electron chi connectivity index (χ3n) is 5.80. The van der Waals surface area contributed by atoms with Crippen molar-refractivity contribution in [1.82, 2.24) is 0 Å². The van der Waals surface area contributed by atoms with Crippen LogP contribution in [-0.4, -0.2) is 6.61 Å². The minimum atomic E-state index is 0.742. The quantitative estimate of drug-likeness (QED) is 0.258. The zero-order chi connectivity index (χ0) is 18.5. The maximum atomic E-state index is 5.52. The van der Waals surface area contributed by atoms with E-state index in [1.54, 1.807) is 5.57 Å². The van der Waals surface area contributed by atoms with E-state index in [1.807, 2.05) is 6.92 Å². The molecule has 0 amide bonds. The molecule has 1 aliphatic carbocycles. The van der Waals surface area contributed by atoms with Crippen LogP contribution in [0.25, 0.3) is 0 Å². The molecule has 0 aromatic heterocycles. The standard InChI is InChI=1S/C25H40O/c1-3-5-6-7-8-9-10-11-22-12-14-23(15-13-22)16-17-24-18-20-25(21-19-24)26-4-2/h14,18-22H,3-13,15-17H2,1-2H3. The number of unbranched alkanes of at least 4 members (excludes halogenated alkanes) is 6. The molecule has 0 spiro atoms. The zero-order valence-electron chi connectivity index (χ0n) is 17.3. The van der Waals surface area contributed by atoms with E-state index in [9.17, 15) is 0 Å². The van der Waals surface area contributed by atoms with Crippen molar-refractivity contribution in [2.45, 2.75) is 97.3 Å². The number of hydrogen-bond donors (Lipinski definition) is 0. The molecule has 0 N–H and O–H groups in total. The number of rotatable bonds is 13. The molecule has 1 nitrogen and oxygen atoms in total. The average Bonchev–Trinajstić information content (AvgIpc) is 2.68. The van der Waals surface area contributed by atoms with Gasteiger partial charge in [0.1, 0.15) is 5.75 Å². The van der Waals surface area contributed by atoms with Gasteiger partial charge < -0.3 is 4.74 Å². The van der Waals surface area contributed by atoms with Crippen LogP contribution in [0.5, 0.6) is 5.75 Å². The Bertz CT molecular complexity index is 499. The summed E-state index contributed by atoms with van der Waals surface area (Å²) in [7, 11) is 0. The second kappa shape index (κ2) is 13.0. The van der Waals surface area contributed by atoms with Crippen LogP contribution in [0.3, 0.4) is 0 Å². The van der Waals surface area contributed by atoms with Gasteiger partial charge in [-0.3, -0.25) is 0 Å². The molecule has 2 rings (SSSR count). The van der Waals surface area contributed by atoms with Gasteiger partial charge in [-0.25, -0.2) is 0 Å². The lowest BCUT2D eigenvalue weighted by molar-refractivity contribution is 0.340. The summed E-state index contributed by atoms with van der Waals surface area (Å²) in [6, 6.07) is 8.65. The molecule has 0 radical (unpaired) electrons. The molecule has 0 fully saturated rings. The van der Waals surface area contributed by atoms with E-state index < -0.39 is 0 Å². The van der Waals surface area contributed by atoms with Crippen LogP contribution >= 0.6 is 0 Å². The van der Waals surface area contributed by atoms with Crippen molar-refractivity contribution >= 4 is 0 Å². The fraction of sp³-hybridized carbons (Fsp3) is 0.680. The van der Waals surface area contributed by atoms with Crippen LogP contribution in [0.2, 0.25) is 0 Å². The first kappa shape index (κ1) is 21.1. The Morgan fingerprint density at radius 2 is 1.62 bits per heavy atom. The van der Waals surface area contributed by atoms with Crippen molar-refractivity contribution in [3.05, 3.63) is 41.5 Å². The first-order valence-electron chi connectivity index (χ1n) is 11.2. The second-order valence-corrected chi connectivity index (χ2v) is 7.99. The monoisotopic (exact) mass is 356 g/mol. The van der Waals surface area contributed by atoms with Gasteiger partial charge in [0.25, 0.3) is 0 Å². The molecule has 0 bridgehead atoms. The van der Waals surface area contributed by atoms with Crippen molar-refractivity contribution in [1.29, 1.82) is 0 Å². The highest BCUT2D eigenvalue weighted by Crippen LogP contribution is 2.30. The van der Waals surface area contributed by atoms with Crippen LogP contribution < -0.4 is 4.74 Å². The summed E-state index contributed by atoms with van der Waals surface area (Å²) in [6.45, 7) is 5.07. The Morgan fingerprint density at radius 1 is 0.885 bits per heavy atom. The zero-order valence-corrected chi connectivity index (χ0v) is 17.3. The Balaban J connectivity index is 1.57. The van der Waals surface area contributed by atoms with E-state index in [0.717, 1.165) is 18.3 Å². The van der Waals surface area contributed by atoms with Gasteiger partial charge in [-0.1, -0.05) is 82.1 Å². The summed E-state index contributed by atoms with van der Waals surface area (Å²) in [5.41, 5.74) is 3.12. The van der Waals surface area contributed by atoms with Crippen molar-refractivity contribution in [2.75, 3.05) is 6.61 Å². The third-order valence-corrected chi connectivity index (χ3v) is 5.80. The number of allylic oxidation sites excluding steroid dienone is 2. The lowest BCUT2D eigenvalue weighted by Crippen LogP contribution is -2.06. The van der Waals surface area contributed by atoms with Crippen LogP contribution in [0.4, 0.5) is 0 Å². The highest BCUT2D eigenvalue weighted by molar-refractivity contribution is 5.28. The van der Waals surface area contributed by atoms with Gasteiger partial charge >= 0.3 is 0 Å². The maximum absolute atomic E-state index is 5.52. The molecule has 0 saturated carbocycles. The van der Waals surface area contributed by atoms with E-state index in [1.165, 1.54) is 89.0 Å². The average molecular weight is 357 g/mol. The SMILES string of the molecule is CCCCCCCCCC1CC=C(CCc2ccc(OCC)cc2)CC1. The van der Waals surface area contributed by atoms with Crippen LogP contribution in [0, 0.1) is 5.92 Å². The molecule has 0 aliphatic heterocycles. The lowest BCUT2D eigenvalue weighted by atomic mass is 9.84. The first-order valence-corrected chi connectivity index (χ1v) is 11.2. The molecule has 26 heavy (non-hydrogen) atoms. The van der Waals surface area contributed by atoms with Crippen molar-refractivity contribution < 1.29 is 4.74 Å². The summed E-state index contributed by atoms with van der Waals surface area (Å²) >= 11 is 0. The predicted octanol–water partition coefficient (Wildman–Crippen LogP) is 7.89. The van der Waals surface area contributed by atoms with Crippen molar-refractivity contribution in [3.8, 4) is 5.75 Å². The second-order valence-electron chi connectivity index (χ2n) is 7.99. The Kier molecular flexibility index (Phi) is 10.5. The molecular weight excluding hydrogens is 316 g/mol. The predicted molar refractivity (Wildman–Crippen MR) is 114 cm³/mol. The summed E-state index contributed by atoms with van der Waals surface area (Å²) in [5.74, 6) is 1.95.